The zero-order chi connectivity index (χ0) is 38.9. The summed E-state index contributed by atoms with van der Waals surface area (Å²) >= 11 is 0. The van der Waals surface area contributed by atoms with Crippen LogP contribution in [0, 0.1) is 0 Å². The first kappa shape index (κ1) is 33.2. The summed E-state index contributed by atoms with van der Waals surface area (Å²) in [5.74, 6) is 0. The molecule has 0 aliphatic heterocycles. The number of furan rings is 1. The van der Waals surface area contributed by atoms with Crippen molar-refractivity contribution in [2.75, 3.05) is 0 Å². The summed E-state index contributed by atoms with van der Waals surface area (Å²) in [6.07, 6.45) is 0. The molecule has 12 rings (SSSR count). The van der Waals surface area contributed by atoms with Gasteiger partial charge in [-0.25, -0.2) is 15.0 Å². The molecule has 0 spiro atoms. The average Bonchev–Trinajstić information content (AvgIpc) is 3.70. The Bertz CT molecular complexity index is 3610. The first-order valence-corrected chi connectivity index (χ1v) is 19.9. The van der Waals surface area contributed by atoms with Gasteiger partial charge in [-0.2, -0.15) is 0 Å². The van der Waals surface area contributed by atoms with Crippen LogP contribution in [0.4, 0.5) is 0 Å². The van der Waals surface area contributed by atoms with E-state index in [1.807, 2.05) is 30.3 Å². The van der Waals surface area contributed by atoms with Crippen molar-refractivity contribution in [2.24, 2.45) is 0 Å². The Hall–Kier alpha value is -7.95. The molecule has 4 aromatic heterocycles. The quantitative estimate of drug-likeness (QED) is 0.164. The fourth-order valence-electron chi connectivity index (χ4n) is 8.83. The predicted octanol–water partition coefficient (Wildman–Crippen LogP) is 14.7. The molecule has 4 nitrogen and oxygen atoms in total. The monoisotopic (exact) mass is 751 g/mol. The Kier molecular flexibility index (Phi) is 7.50. The number of hydrogen-bond donors (Lipinski definition) is 0. The normalized spacial score (nSPS) is 11.7. The molecule has 4 heteroatoms. The number of benzene rings is 8. The second kappa shape index (κ2) is 13.3. The van der Waals surface area contributed by atoms with E-state index in [1.165, 1.54) is 10.9 Å². The summed E-state index contributed by atoms with van der Waals surface area (Å²) in [4.78, 5) is 15.6. The number of pyridine rings is 3. The van der Waals surface area contributed by atoms with Gasteiger partial charge in [0, 0.05) is 54.4 Å². The molecule has 0 atom stereocenters. The topological polar surface area (TPSA) is 51.8 Å². The molecule has 12 aromatic rings. The van der Waals surface area contributed by atoms with Gasteiger partial charge in [0.25, 0.3) is 0 Å². The van der Waals surface area contributed by atoms with Crippen LogP contribution in [0.3, 0.4) is 0 Å². The van der Waals surface area contributed by atoms with E-state index in [9.17, 15) is 0 Å². The Morgan fingerprint density at radius 3 is 1.59 bits per heavy atom. The molecule has 0 N–H and O–H groups in total. The molecule has 0 saturated carbocycles. The van der Waals surface area contributed by atoms with Crippen LogP contribution in [0.5, 0.6) is 0 Å². The van der Waals surface area contributed by atoms with E-state index in [1.54, 1.807) is 0 Å². The predicted molar refractivity (Wildman–Crippen MR) is 244 cm³/mol. The van der Waals surface area contributed by atoms with E-state index < -0.39 is 0 Å². The average molecular weight is 752 g/mol. The van der Waals surface area contributed by atoms with Gasteiger partial charge in [-0.1, -0.05) is 164 Å². The van der Waals surface area contributed by atoms with E-state index in [-0.39, 0.29) is 0 Å². The molecule has 0 saturated heterocycles. The van der Waals surface area contributed by atoms with Crippen LogP contribution in [0.25, 0.3) is 121 Å². The van der Waals surface area contributed by atoms with Crippen LogP contribution in [-0.4, -0.2) is 15.0 Å². The van der Waals surface area contributed by atoms with E-state index in [0.29, 0.717) is 0 Å². The summed E-state index contributed by atoms with van der Waals surface area (Å²) in [6.45, 7) is 0. The molecule has 0 unspecified atom stereocenters. The van der Waals surface area contributed by atoms with Crippen molar-refractivity contribution < 1.29 is 4.42 Å². The standard InChI is InChI=1S/C55H33N3O/c1-2-11-34(12-3-1)46-31-29-37-27-28-38-30-32-47(57-55(38)54(37)56-46)35-23-25-36(26-24-35)53-45-19-9-17-41(51(45)43-15-4-6-20-48(43)58-53)39-13-8-14-40(33-39)42-18-10-22-50-52(42)44-16-5-7-21-49(44)59-50/h1-33H. The van der Waals surface area contributed by atoms with E-state index in [0.717, 1.165) is 110 Å². The maximum absolute atomic E-state index is 6.26. The number of rotatable bonds is 5. The minimum absolute atomic E-state index is 0.895. The summed E-state index contributed by atoms with van der Waals surface area (Å²) in [5.41, 5.74) is 15.1. The minimum Gasteiger partial charge on any atom is -0.456 e. The highest BCUT2D eigenvalue weighted by molar-refractivity contribution is 6.18. The molecule has 0 bridgehead atoms. The molecular formula is C55H33N3O. The lowest BCUT2D eigenvalue weighted by atomic mass is 9.91. The Morgan fingerprint density at radius 1 is 0.322 bits per heavy atom. The van der Waals surface area contributed by atoms with Gasteiger partial charge in [-0.3, -0.25) is 0 Å². The van der Waals surface area contributed by atoms with Crippen molar-refractivity contribution in [3.63, 3.8) is 0 Å². The Balaban J connectivity index is 0.967. The van der Waals surface area contributed by atoms with Gasteiger partial charge in [0.2, 0.25) is 0 Å². The molecule has 0 radical (unpaired) electrons. The summed E-state index contributed by atoms with van der Waals surface area (Å²) in [6, 6.07) is 70.3. The molecular weight excluding hydrogens is 719 g/mol. The lowest BCUT2D eigenvalue weighted by molar-refractivity contribution is 0.669. The molecule has 0 fully saturated rings. The third-order valence-corrected chi connectivity index (χ3v) is 11.7. The summed E-state index contributed by atoms with van der Waals surface area (Å²) in [7, 11) is 0. The molecule has 0 aliphatic carbocycles. The van der Waals surface area contributed by atoms with Crippen molar-refractivity contribution in [1.82, 2.24) is 15.0 Å². The van der Waals surface area contributed by atoms with E-state index >= 15 is 0 Å². The maximum Gasteiger partial charge on any atom is 0.136 e. The van der Waals surface area contributed by atoms with Crippen molar-refractivity contribution in [2.45, 2.75) is 0 Å². The van der Waals surface area contributed by atoms with Gasteiger partial charge in [-0.15, -0.1) is 0 Å². The van der Waals surface area contributed by atoms with Gasteiger partial charge < -0.3 is 4.42 Å². The Labute approximate surface area is 339 Å². The zero-order valence-electron chi connectivity index (χ0n) is 31.8. The van der Waals surface area contributed by atoms with Gasteiger partial charge >= 0.3 is 0 Å². The molecule has 0 aliphatic rings. The van der Waals surface area contributed by atoms with Gasteiger partial charge in [0.15, 0.2) is 0 Å². The smallest absolute Gasteiger partial charge is 0.136 e. The number of hydrogen-bond acceptors (Lipinski definition) is 4. The zero-order valence-corrected chi connectivity index (χ0v) is 31.8. The van der Waals surface area contributed by atoms with E-state index in [4.69, 9.17) is 19.4 Å². The number of nitrogens with zero attached hydrogens (tertiary/aromatic N) is 3. The number of fused-ring (bicyclic) bond motifs is 9. The molecule has 0 amide bonds. The Morgan fingerprint density at radius 2 is 0.847 bits per heavy atom. The first-order chi connectivity index (χ1) is 29.2. The van der Waals surface area contributed by atoms with Crippen LogP contribution in [0.2, 0.25) is 0 Å². The van der Waals surface area contributed by atoms with Crippen molar-refractivity contribution >= 4 is 65.4 Å². The third kappa shape index (κ3) is 5.49. The summed E-state index contributed by atoms with van der Waals surface area (Å²) < 4.78 is 6.26. The van der Waals surface area contributed by atoms with Gasteiger partial charge in [-0.05, 0) is 58.7 Å². The van der Waals surface area contributed by atoms with Crippen LogP contribution in [0.1, 0.15) is 0 Å². The van der Waals surface area contributed by atoms with Crippen LogP contribution < -0.4 is 0 Å². The van der Waals surface area contributed by atoms with Crippen molar-refractivity contribution in [3.05, 3.63) is 200 Å². The second-order valence-electron chi connectivity index (χ2n) is 15.1. The largest absolute Gasteiger partial charge is 0.456 e. The molecule has 274 valence electrons. The highest BCUT2D eigenvalue weighted by Gasteiger charge is 2.17. The lowest BCUT2D eigenvalue weighted by Crippen LogP contribution is -1.93. The highest BCUT2D eigenvalue weighted by Crippen LogP contribution is 2.42. The van der Waals surface area contributed by atoms with Crippen molar-refractivity contribution in [3.8, 4) is 56.0 Å². The van der Waals surface area contributed by atoms with Crippen LogP contribution in [0.15, 0.2) is 205 Å². The molecule has 4 heterocycles. The second-order valence-corrected chi connectivity index (χ2v) is 15.1. The third-order valence-electron chi connectivity index (χ3n) is 11.7. The van der Waals surface area contributed by atoms with Gasteiger partial charge in [0.1, 0.15) is 11.2 Å². The number of para-hydroxylation sites is 2. The molecule has 8 aromatic carbocycles. The fraction of sp³-hybridized carbons (Fsp3) is 0. The summed E-state index contributed by atoms with van der Waals surface area (Å²) in [5, 5.41) is 7.82. The fourth-order valence-corrected chi connectivity index (χ4v) is 8.83. The first-order valence-electron chi connectivity index (χ1n) is 19.9. The van der Waals surface area contributed by atoms with Crippen molar-refractivity contribution in [1.29, 1.82) is 0 Å². The SMILES string of the molecule is c1ccc(-c2ccc3ccc4ccc(-c5ccc(-c6nc7ccccc7c7c(-c8cccc(-c9cccc%10oc%11ccccc%11c9%10)c8)cccc67)cc5)nc4c3n2)cc1. The maximum atomic E-state index is 6.26. The highest BCUT2D eigenvalue weighted by atomic mass is 16.3. The van der Waals surface area contributed by atoms with Crippen LogP contribution in [-0.2, 0) is 0 Å². The van der Waals surface area contributed by atoms with Crippen LogP contribution >= 0.6 is 0 Å². The van der Waals surface area contributed by atoms with Gasteiger partial charge in [0.05, 0.1) is 33.6 Å². The lowest BCUT2D eigenvalue weighted by Gasteiger charge is -2.15. The number of aromatic nitrogens is 3. The molecule has 59 heavy (non-hydrogen) atoms. The van der Waals surface area contributed by atoms with E-state index in [2.05, 4.69) is 170 Å². The minimum atomic E-state index is 0.895.